The first-order valence-corrected chi connectivity index (χ1v) is 2.82. The van der Waals surface area contributed by atoms with Gasteiger partial charge in [-0.25, -0.2) is 4.79 Å². The van der Waals surface area contributed by atoms with Crippen LogP contribution in [0.4, 0.5) is 0 Å². The number of hydrogen-bond acceptors (Lipinski definition) is 2. The molecule has 58 valence electrons. The van der Waals surface area contributed by atoms with Gasteiger partial charge in [0.25, 0.3) is 0 Å². The Labute approximate surface area is 61.1 Å². The maximum atomic E-state index is 9.25. The fraction of sp³-hybridized carbons (Fsp3) is 0.286. The largest absolute Gasteiger partial charge is 0.478 e. The summed E-state index contributed by atoms with van der Waals surface area (Å²) < 4.78 is 0. The molecule has 0 bridgehead atoms. The fourth-order valence-electron chi connectivity index (χ4n) is 0.167. The Morgan fingerprint density at radius 1 is 1.70 bits per heavy atom. The van der Waals surface area contributed by atoms with Gasteiger partial charge in [-0.3, -0.25) is 0 Å². The van der Waals surface area contributed by atoms with Crippen molar-refractivity contribution in [2.45, 2.75) is 6.92 Å². The smallest absolute Gasteiger partial charge is 0.327 e. The molecule has 0 unspecified atom stereocenters. The lowest BCUT2D eigenvalue weighted by Crippen LogP contribution is -1.89. The van der Waals surface area contributed by atoms with Crippen molar-refractivity contribution in [2.75, 3.05) is 7.05 Å². The van der Waals surface area contributed by atoms with E-state index in [9.17, 15) is 4.79 Å². The van der Waals surface area contributed by atoms with Gasteiger partial charge in [-0.05, 0) is 13.1 Å². The number of aliphatic carboxylic acids is 1. The Hall–Kier alpha value is -1.25. The summed E-state index contributed by atoms with van der Waals surface area (Å²) >= 11 is 0. The van der Waals surface area contributed by atoms with Crippen LogP contribution in [0.15, 0.2) is 24.9 Å². The van der Waals surface area contributed by atoms with Gasteiger partial charge in [0.15, 0.2) is 0 Å². The molecule has 0 rings (SSSR count). The number of allylic oxidation sites excluding steroid dienone is 1. The van der Waals surface area contributed by atoms with E-state index in [4.69, 9.17) is 5.11 Å². The summed E-state index contributed by atoms with van der Waals surface area (Å²) in [6, 6.07) is 0. The summed E-state index contributed by atoms with van der Waals surface area (Å²) in [7, 11) is 1.88. The van der Waals surface area contributed by atoms with Crippen molar-refractivity contribution in [3.63, 3.8) is 0 Å². The highest BCUT2D eigenvalue weighted by atomic mass is 16.4. The van der Waals surface area contributed by atoms with Crippen LogP contribution in [0.5, 0.6) is 0 Å². The zero-order valence-electron chi connectivity index (χ0n) is 6.29. The van der Waals surface area contributed by atoms with Gasteiger partial charge >= 0.3 is 5.97 Å². The van der Waals surface area contributed by atoms with E-state index < -0.39 is 5.97 Å². The molecule has 10 heavy (non-hydrogen) atoms. The molecular formula is C7H13NO2. The molecule has 0 aliphatic heterocycles. The number of carboxylic acids is 1. The maximum absolute atomic E-state index is 9.25. The Morgan fingerprint density at radius 3 is 2.10 bits per heavy atom. The lowest BCUT2D eigenvalue weighted by Gasteiger charge is -1.75. The monoisotopic (exact) mass is 143 g/mol. The van der Waals surface area contributed by atoms with Gasteiger partial charge in [0.05, 0.1) is 0 Å². The Kier molecular flexibility index (Phi) is 12.3. The predicted molar refractivity (Wildman–Crippen MR) is 41.7 cm³/mol. The molecule has 0 amide bonds. The summed E-state index contributed by atoms with van der Waals surface area (Å²) in [5.41, 5.74) is 0. The Bertz CT molecular complexity index is 119. The summed E-state index contributed by atoms with van der Waals surface area (Å²) in [4.78, 5) is 9.25. The van der Waals surface area contributed by atoms with E-state index in [0.717, 1.165) is 6.08 Å². The van der Waals surface area contributed by atoms with Gasteiger partial charge in [0, 0.05) is 13.1 Å². The maximum Gasteiger partial charge on any atom is 0.327 e. The quantitative estimate of drug-likeness (QED) is 0.567. The molecule has 0 saturated carbocycles. The molecule has 0 saturated heterocycles. The van der Waals surface area contributed by atoms with Crippen molar-refractivity contribution in [2.24, 2.45) is 0 Å². The first-order chi connectivity index (χ1) is 4.68. The average Bonchev–Trinajstić information content (AvgIpc) is 1.91. The highest BCUT2D eigenvalue weighted by Gasteiger charge is 1.73. The summed E-state index contributed by atoms with van der Waals surface area (Å²) in [6.07, 6.45) is 4.65. The molecule has 0 aromatic carbocycles. The van der Waals surface area contributed by atoms with Crippen LogP contribution in [0.3, 0.4) is 0 Å². The van der Waals surface area contributed by atoms with Crippen molar-refractivity contribution >= 4 is 5.97 Å². The molecule has 0 aromatic heterocycles. The second-order valence-electron chi connectivity index (χ2n) is 1.33. The first-order valence-electron chi connectivity index (χ1n) is 2.82. The third-order valence-corrected chi connectivity index (χ3v) is 0.508. The van der Waals surface area contributed by atoms with Gasteiger partial charge < -0.3 is 10.4 Å². The van der Waals surface area contributed by atoms with Crippen LogP contribution in [0.2, 0.25) is 0 Å². The molecule has 2 N–H and O–H groups in total. The average molecular weight is 143 g/mol. The summed E-state index contributed by atoms with van der Waals surface area (Å²) in [6.45, 7) is 4.93. The van der Waals surface area contributed by atoms with Gasteiger partial charge in [-0.1, -0.05) is 12.7 Å². The van der Waals surface area contributed by atoms with E-state index in [1.165, 1.54) is 0 Å². The summed E-state index contributed by atoms with van der Waals surface area (Å²) in [5, 5.41) is 10.4. The van der Waals surface area contributed by atoms with Gasteiger partial charge in [-0.15, -0.1) is 0 Å². The second kappa shape index (κ2) is 10.7. The van der Waals surface area contributed by atoms with Crippen LogP contribution in [-0.4, -0.2) is 18.1 Å². The third-order valence-electron chi connectivity index (χ3n) is 0.508. The number of nitrogens with one attached hydrogen (secondary N) is 1. The van der Waals surface area contributed by atoms with E-state index in [0.29, 0.717) is 0 Å². The highest BCUT2D eigenvalue weighted by Crippen LogP contribution is 1.54. The molecule has 0 radical (unpaired) electrons. The zero-order chi connectivity index (χ0) is 8.41. The number of carbonyl (C=O) groups is 1. The minimum atomic E-state index is -0.981. The van der Waals surface area contributed by atoms with Crippen molar-refractivity contribution < 1.29 is 9.90 Å². The van der Waals surface area contributed by atoms with Gasteiger partial charge in [0.1, 0.15) is 0 Å². The lowest BCUT2D eigenvalue weighted by molar-refractivity contribution is -0.131. The molecule has 3 nitrogen and oxygen atoms in total. The lowest BCUT2D eigenvalue weighted by atomic mass is 10.7. The third kappa shape index (κ3) is 29.5. The van der Waals surface area contributed by atoms with E-state index in [1.807, 2.05) is 26.2 Å². The zero-order valence-corrected chi connectivity index (χ0v) is 6.29. The SMILES string of the molecule is C=CC(=O)O.CC=CNC. The molecule has 0 aliphatic rings. The molecule has 0 aliphatic carbocycles. The molecule has 3 heteroatoms. The molecule has 0 heterocycles. The van der Waals surface area contributed by atoms with Crippen LogP contribution in [0, 0.1) is 0 Å². The topological polar surface area (TPSA) is 49.3 Å². The van der Waals surface area contributed by atoms with Gasteiger partial charge in [0.2, 0.25) is 0 Å². The van der Waals surface area contributed by atoms with Gasteiger partial charge in [-0.2, -0.15) is 0 Å². The molecule has 0 spiro atoms. The minimum Gasteiger partial charge on any atom is -0.478 e. The van der Waals surface area contributed by atoms with Crippen LogP contribution in [-0.2, 0) is 4.79 Å². The van der Waals surface area contributed by atoms with E-state index in [2.05, 4.69) is 11.9 Å². The van der Waals surface area contributed by atoms with Crippen molar-refractivity contribution in [1.82, 2.24) is 5.32 Å². The van der Waals surface area contributed by atoms with E-state index in [1.54, 1.807) is 0 Å². The van der Waals surface area contributed by atoms with Crippen LogP contribution in [0.1, 0.15) is 6.92 Å². The fourth-order valence-corrected chi connectivity index (χ4v) is 0.167. The molecular weight excluding hydrogens is 130 g/mol. The number of rotatable bonds is 2. The van der Waals surface area contributed by atoms with Crippen LogP contribution in [0.25, 0.3) is 0 Å². The van der Waals surface area contributed by atoms with Crippen LogP contribution < -0.4 is 5.32 Å². The number of hydrogen-bond donors (Lipinski definition) is 2. The van der Waals surface area contributed by atoms with Crippen LogP contribution >= 0.6 is 0 Å². The predicted octanol–water partition coefficient (Wildman–Crippen LogP) is 0.996. The van der Waals surface area contributed by atoms with Crippen molar-refractivity contribution in [3.05, 3.63) is 24.9 Å². The molecule has 0 atom stereocenters. The molecule has 0 aromatic rings. The standard InChI is InChI=1S/C4H9N.C3H4O2/c1-3-4-5-2;1-2-3(4)5/h3-5H,1-2H3;2H,1H2,(H,4,5). The normalized spacial score (nSPS) is 7.80. The van der Waals surface area contributed by atoms with Crippen molar-refractivity contribution in [3.8, 4) is 0 Å². The highest BCUT2D eigenvalue weighted by molar-refractivity contribution is 5.78. The second-order valence-corrected chi connectivity index (χ2v) is 1.33. The molecule has 0 fully saturated rings. The first kappa shape index (κ1) is 11.5. The number of carboxylic acid groups (broad SMARTS) is 1. The Balaban J connectivity index is 0. The Morgan fingerprint density at radius 2 is 2.10 bits per heavy atom. The minimum absolute atomic E-state index is 0.833. The van der Waals surface area contributed by atoms with Crippen molar-refractivity contribution in [1.29, 1.82) is 0 Å². The summed E-state index contributed by atoms with van der Waals surface area (Å²) in [5.74, 6) is -0.981. The van der Waals surface area contributed by atoms with E-state index in [-0.39, 0.29) is 0 Å². The van der Waals surface area contributed by atoms with E-state index >= 15 is 0 Å².